The summed E-state index contributed by atoms with van der Waals surface area (Å²) < 4.78 is 11.3. The SMILES string of the molecule is CCCOC(OCCC)C(C)(C)C(=O)CC. The molecule has 0 unspecified atom stereocenters. The summed E-state index contributed by atoms with van der Waals surface area (Å²) in [7, 11) is 0. The Bertz CT molecular complexity index is 191. The van der Waals surface area contributed by atoms with Crippen LogP contribution < -0.4 is 0 Å². The standard InChI is InChI=1S/C13H26O3/c1-6-9-15-12(16-10-7-2)13(4,5)11(14)8-3/h12H,6-10H2,1-5H3. The highest BCUT2D eigenvalue weighted by atomic mass is 16.7. The first-order valence-corrected chi connectivity index (χ1v) is 6.27. The molecule has 0 radical (unpaired) electrons. The zero-order valence-corrected chi connectivity index (χ0v) is 11.3. The molecule has 16 heavy (non-hydrogen) atoms. The van der Waals surface area contributed by atoms with Crippen LogP contribution in [0.3, 0.4) is 0 Å². The van der Waals surface area contributed by atoms with E-state index in [4.69, 9.17) is 9.47 Å². The maximum Gasteiger partial charge on any atom is 0.169 e. The van der Waals surface area contributed by atoms with Crippen molar-refractivity contribution in [3.63, 3.8) is 0 Å². The number of carbonyl (C=O) groups is 1. The van der Waals surface area contributed by atoms with Crippen LogP contribution in [0.1, 0.15) is 53.9 Å². The fraction of sp³-hybridized carbons (Fsp3) is 0.923. The third kappa shape index (κ3) is 4.62. The smallest absolute Gasteiger partial charge is 0.169 e. The third-order valence-electron chi connectivity index (χ3n) is 2.58. The van der Waals surface area contributed by atoms with Crippen LogP contribution in [-0.4, -0.2) is 25.3 Å². The number of hydrogen-bond acceptors (Lipinski definition) is 3. The van der Waals surface area contributed by atoms with E-state index in [0.29, 0.717) is 19.6 Å². The zero-order chi connectivity index (χ0) is 12.6. The Labute approximate surface area is 99.5 Å². The minimum Gasteiger partial charge on any atom is -0.352 e. The Morgan fingerprint density at radius 3 is 1.81 bits per heavy atom. The molecule has 0 fully saturated rings. The number of Topliss-reactive ketones (excluding diaryl/α,β-unsaturated/α-hetero) is 1. The summed E-state index contributed by atoms with van der Waals surface area (Å²) in [5.41, 5.74) is -0.556. The van der Waals surface area contributed by atoms with Crippen molar-refractivity contribution in [2.75, 3.05) is 13.2 Å². The monoisotopic (exact) mass is 230 g/mol. The van der Waals surface area contributed by atoms with E-state index in [1.165, 1.54) is 0 Å². The predicted octanol–water partition coefficient (Wildman–Crippen LogP) is 3.17. The van der Waals surface area contributed by atoms with Crippen molar-refractivity contribution in [2.45, 2.75) is 60.2 Å². The van der Waals surface area contributed by atoms with Crippen molar-refractivity contribution in [1.82, 2.24) is 0 Å². The van der Waals surface area contributed by atoms with E-state index in [1.54, 1.807) is 0 Å². The average Bonchev–Trinajstić information content (AvgIpc) is 2.27. The van der Waals surface area contributed by atoms with Crippen LogP contribution in [0.2, 0.25) is 0 Å². The summed E-state index contributed by atoms with van der Waals surface area (Å²) in [5, 5.41) is 0. The van der Waals surface area contributed by atoms with E-state index < -0.39 is 11.7 Å². The molecular formula is C13H26O3. The normalized spacial score (nSPS) is 12.1. The van der Waals surface area contributed by atoms with E-state index in [0.717, 1.165) is 12.8 Å². The van der Waals surface area contributed by atoms with E-state index in [9.17, 15) is 4.79 Å². The molecule has 0 aliphatic heterocycles. The lowest BCUT2D eigenvalue weighted by atomic mass is 9.86. The Hall–Kier alpha value is -0.410. The van der Waals surface area contributed by atoms with Gasteiger partial charge in [-0.15, -0.1) is 0 Å². The van der Waals surface area contributed by atoms with Crippen molar-refractivity contribution in [1.29, 1.82) is 0 Å². The van der Waals surface area contributed by atoms with Crippen molar-refractivity contribution in [2.24, 2.45) is 5.41 Å². The van der Waals surface area contributed by atoms with Gasteiger partial charge >= 0.3 is 0 Å². The highest BCUT2D eigenvalue weighted by molar-refractivity contribution is 5.84. The number of ketones is 1. The highest BCUT2D eigenvalue weighted by Crippen LogP contribution is 2.27. The second kappa shape index (κ2) is 7.80. The lowest BCUT2D eigenvalue weighted by Crippen LogP contribution is -2.41. The number of rotatable bonds is 9. The van der Waals surface area contributed by atoms with E-state index in [2.05, 4.69) is 0 Å². The van der Waals surface area contributed by atoms with Gasteiger partial charge in [-0.1, -0.05) is 20.8 Å². The number of ether oxygens (including phenoxy) is 2. The lowest BCUT2D eigenvalue weighted by molar-refractivity contribution is -0.200. The molecule has 0 aromatic rings. The Morgan fingerprint density at radius 1 is 1.06 bits per heavy atom. The minimum atomic E-state index is -0.556. The highest BCUT2D eigenvalue weighted by Gasteiger charge is 2.37. The molecule has 0 atom stereocenters. The predicted molar refractivity (Wildman–Crippen MR) is 65.4 cm³/mol. The van der Waals surface area contributed by atoms with Crippen LogP contribution >= 0.6 is 0 Å². The zero-order valence-electron chi connectivity index (χ0n) is 11.3. The first-order valence-electron chi connectivity index (χ1n) is 6.27. The molecule has 0 saturated heterocycles. The first kappa shape index (κ1) is 15.6. The van der Waals surface area contributed by atoms with Gasteiger partial charge in [-0.05, 0) is 26.7 Å². The Morgan fingerprint density at radius 2 is 1.50 bits per heavy atom. The molecule has 3 heteroatoms. The number of carbonyl (C=O) groups excluding carboxylic acids is 1. The van der Waals surface area contributed by atoms with E-state index in [1.807, 2.05) is 34.6 Å². The van der Waals surface area contributed by atoms with Crippen LogP contribution in [-0.2, 0) is 14.3 Å². The van der Waals surface area contributed by atoms with Gasteiger partial charge in [-0.3, -0.25) is 4.79 Å². The summed E-state index contributed by atoms with van der Waals surface area (Å²) in [6, 6.07) is 0. The van der Waals surface area contributed by atoms with Crippen LogP contribution in [0.25, 0.3) is 0 Å². The van der Waals surface area contributed by atoms with Gasteiger partial charge in [0.2, 0.25) is 0 Å². The van der Waals surface area contributed by atoms with Gasteiger partial charge in [0, 0.05) is 19.6 Å². The lowest BCUT2D eigenvalue weighted by Gasteiger charge is -2.32. The maximum atomic E-state index is 11.8. The minimum absolute atomic E-state index is 0.185. The summed E-state index contributed by atoms with van der Waals surface area (Å²) >= 11 is 0. The van der Waals surface area contributed by atoms with Gasteiger partial charge in [0.15, 0.2) is 6.29 Å². The fourth-order valence-electron chi connectivity index (χ4n) is 1.50. The van der Waals surface area contributed by atoms with Gasteiger partial charge < -0.3 is 9.47 Å². The number of hydrogen-bond donors (Lipinski definition) is 0. The van der Waals surface area contributed by atoms with Crippen LogP contribution in [0.15, 0.2) is 0 Å². The average molecular weight is 230 g/mol. The molecular weight excluding hydrogens is 204 g/mol. The molecule has 0 aromatic carbocycles. The summed E-state index contributed by atoms with van der Waals surface area (Å²) in [4.78, 5) is 11.8. The summed E-state index contributed by atoms with van der Waals surface area (Å²) in [6.07, 6.45) is 1.97. The first-order chi connectivity index (χ1) is 7.50. The molecule has 0 saturated carbocycles. The Kier molecular flexibility index (Phi) is 7.60. The van der Waals surface area contributed by atoms with Crippen LogP contribution in [0.5, 0.6) is 0 Å². The molecule has 0 rings (SSSR count). The van der Waals surface area contributed by atoms with Crippen molar-refractivity contribution >= 4 is 5.78 Å². The molecule has 0 aliphatic carbocycles. The van der Waals surface area contributed by atoms with Gasteiger partial charge in [0.1, 0.15) is 5.78 Å². The third-order valence-corrected chi connectivity index (χ3v) is 2.58. The molecule has 0 spiro atoms. The molecule has 0 N–H and O–H groups in total. The van der Waals surface area contributed by atoms with Crippen LogP contribution in [0.4, 0.5) is 0 Å². The van der Waals surface area contributed by atoms with Crippen molar-refractivity contribution in [3.05, 3.63) is 0 Å². The molecule has 3 nitrogen and oxygen atoms in total. The van der Waals surface area contributed by atoms with Crippen LogP contribution in [0, 0.1) is 5.41 Å². The second-order valence-corrected chi connectivity index (χ2v) is 4.57. The van der Waals surface area contributed by atoms with Crippen molar-refractivity contribution in [3.8, 4) is 0 Å². The quantitative estimate of drug-likeness (QED) is 0.571. The van der Waals surface area contributed by atoms with Gasteiger partial charge in [0.05, 0.1) is 5.41 Å². The van der Waals surface area contributed by atoms with E-state index in [-0.39, 0.29) is 5.78 Å². The van der Waals surface area contributed by atoms with Gasteiger partial charge in [-0.25, -0.2) is 0 Å². The summed E-state index contributed by atoms with van der Waals surface area (Å²) in [5.74, 6) is 0.185. The second-order valence-electron chi connectivity index (χ2n) is 4.57. The molecule has 0 bridgehead atoms. The Balaban J connectivity index is 4.50. The largest absolute Gasteiger partial charge is 0.352 e. The summed E-state index contributed by atoms with van der Waals surface area (Å²) in [6.45, 7) is 11.0. The van der Waals surface area contributed by atoms with Gasteiger partial charge in [0.25, 0.3) is 0 Å². The molecule has 96 valence electrons. The molecule has 0 amide bonds. The van der Waals surface area contributed by atoms with Gasteiger partial charge in [-0.2, -0.15) is 0 Å². The van der Waals surface area contributed by atoms with E-state index >= 15 is 0 Å². The maximum absolute atomic E-state index is 11.8. The van der Waals surface area contributed by atoms with Crippen molar-refractivity contribution < 1.29 is 14.3 Å². The molecule has 0 heterocycles. The molecule has 0 aromatic heterocycles. The topological polar surface area (TPSA) is 35.5 Å². The fourth-order valence-corrected chi connectivity index (χ4v) is 1.50. The molecule has 0 aliphatic rings.